The van der Waals surface area contributed by atoms with Gasteiger partial charge in [0, 0.05) is 13.1 Å². The molecule has 0 aromatic carbocycles. The maximum atomic E-state index is 11.3. The molecule has 0 unspecified atom stereocenters. The second kappa shape index (κ2) is 16.4. The zero-order chi connectivity index (χ0) is 19.6. The van der Waals surface area contributed by atoms with E-state index in [0.717, 1.165) is 51.4 Å². The number of unbranched alkanes of at least 4 members (excludes halogenated alkanes) is 7. The fourth-order valence-electron chi connectivity index (χ4n) is 2.30. The van der Waals surface area contributed by atoms with Crippen LogP contribution in [0.15, 0.2) is 0 Å². The van der Waals surface area contributed by atoms with Gasteiger partial charge in [-0.2, -0.15) is 0 Å². The van der Waals surface area contributed by atoms with Crippen LogP contribution in [-0.2, 0) is 28.7 Å². The highest BCUT2D eigenvalue weighted by molar-refractivity contribution is 5.94. The zero-order valence-corrected chi connectivity index (χ0v) is 15.9. The normalized spacial score (nSPS) is 10.1. The number of methoxy groups -OCH3 is 2. The molecule has 0 saturated carbocycles. The predicted octanol–water partition coefficient (Wildman–Crippen LogP) is 1.47. The highest BCUT2D eigenvalue weighted by atomic mass is 16.5. The third-order valence-electron chi connectivity index (χ3n) is 3.81. The first-order valence-electron chi connectivity index (χ1n) is 9.16. The maximum Gasteiger partial charge on any atom is 0.315 e. The highest BCUT2D eigenvalue weighted by Gasteiger charge is 2.08. The Balaban J connectivity index is 3.29. The Kier molecular flexibility index (Phi) is 15.0. The fourth-order valence-corrected chi connectivity index (χ4v) is 2.30. The van der Waals surface area contributed by atoms with Crippen LogP contribution in [0, 0.1) is 0 Å². The lowest BCUT2D eigenvalue weighted by Gasteiger charge is -2.05. The van der Waals surface area contributed by atoms with Crippen LogP contribution in [0.25, 0.3) is 0 Å². The molecule has 0 aliphatic carbocycles. The predicted molar refractivity (Wildman–Crippen MR) is 96.2 cm³/mol. The van der Waals surface area contributed by atoms with E-state index in [1.807, 2.05) is 0 Å². The molecular formula is C18H32N2O6. The van der Waals surface area contributed by atoms with E-state index < -0.39 is 11.9 Å². The Hall–Kier alpha value is -2.12. The largest absolute Gasteiger partial charge is 0.469 e. The van der Waals surface area contributed by atoms with Crippen LogP contribution in [0.4, 0.5) is 0 Å². The second-order valence-electron chi connectivity index (χ2n) is 6.03. The van der Waals surface area contributed by atoms with Crippen molar-refractivity contribution in [3.63, 3.8) is 0 Å². The van der Waals surface area contributed by atoms with E-state index in [2.05, 4.69) is 20.1 Å². The number of rotatable bonds is 15. The van der Waals surface area contributed by atoms with Crippen molar-refractivity contribution in [2.75, 3.05) is 27.3 Å². The molecule has 0 radical (unpaired) electrons. The quantitative estimate of drug-likeness (QED) is 0.256. The first-order chi connectivity index (χ1) is 12.5. The third kappa shape index (κ3) is 15.4. The average molecular weight is 372 g/mol. The van der Waals surface area contributed by atoms with Crippen molar-refractivity contribution in [1.82, 2.24) is 10.6 Å². The van der Waals surface area contributed by atoms with E-state index in [0.29, 0.717) is 13.1 Å². The van der Waals surface area contributed by atoms with E-state index in [-0.39, 0.29) is 24.7 Å². The lowest BCUT2D eigenvalue weighted by Crippen LogP contribution is -2.27. The van der Waals surface area contributed by atoms with Gasteiger partial charge < -0.3 is 20.1 Å². The van der Waals surface area contributed by atoms with Crippen LogP contribution in [0.3, 0.4) is 0 Å². The van der Waals surface area contributed by atoms with E-state index in [1.165, 1.54) is 14.2 Å². The molecule has 2 amide bonds. The number of carbonyl (C=O) groups excluding carboxylic acids is 4. The fraction of sp³-hybridized carbons (Fsp3) is 0.778. The Labute approximate surface area is 155 Å². The molecule has 2 N–H and O–H groups in total. The first-order valence-corrected chi connectivity index (χ1v) is 9.16. The molecule has 150 valence electrons. The highest BCUT2D eigenvalue weighted by Crippen LogP contribution is 2.08. The molecule has 0 fully saturated rings. The lowest BCUT2D eigenvalue weighted by atomic mass is 10.1. The Morgan fingerprint density at radius 1 is 0.577 bits per heavy atom. The molecule has 0 atom stereocenters. The number of hydrogen-bond donors (Lipinski definition) is 2. The van der Waals surface area contributed by atoms with E-state index in [1.54, 1.807) is 0 Å². The van der Waals surface area contributed by atoms with Crippen LogP contribution >= 0.6 is 0 Å². The number of carbonyl (C=O) groups is 4. The molecule has 8 nitrogen and oxygen atoms in total. The van der Waals surface area contributed by atoms with Gasteiger partial charge >= 0.3 is 11.9 Å². The van der Waals surface area contributed by atoms with Crippen LogP contribution in [0.1, 0.15) is 64.2 Å². The molecule has 0 rings (SSSR count). The molecule has 0 spiro atoms. The van der Waals surface area contributed by atoms with Crippen molar-refractivity contribution in [1.29, 1.82) is 0 Å². The van der Waals surface area contributed by atoms with Crippen molar-refractivity contribution >= 4 is 23.8 Å². The standard InChI is InChI=1S/C18H32N2O6/c1-25-17(23)13-15(21)19-11-9-7-5-3-4-6-8-10-12-20-16(22)14-18(24)26-2/h3-14H2,1-2H3,(H,19,21)(H,20,22). The monoisotopic (exact) mass is 372 g/mol. The Morgan fingerprint density at radius 2 is 0.885 bits per heavy atom. The molecule has 0 aromatic rings. The number of ether oxygens (including phenoxy) is 2. The van der Waals surface area contributed by atoms with Crippen LogP contribution in [0.2, 0.25) is 0 Å². The van der Waals surface area contributed by atoms with Gasteiger partial charge in [0.25, 0.3) is 0 Å². The van der Waals surface area contributed by atoms with Gasteiger partial charge in [0.2, 0.25) is 11.8 Å². The van der Waals surface area contributed by atoms with Crippen molar-refractivity contribution < 1.29 is 28.7 Å². The van der Waals surface area contributed by atoms with Crippen molar-refractivity contribution in [2.24, 2.45) is 0 Å². The first kappa shape index (κ1) is 23.9. The third-order valence-corrected chi connectivity index (χ3v) is 3.81. The summed E-state index contributed by atoms with van der Waals surface area (Å²) < 4.78 is 8.84. The van der Waals surface area contributed by atoms with Gasteiger partial charge in [0.1, 0.15) is 12.8 Å². The summed E-state index contributed by atoms with van der Waals surface area (Å²) in [5.41, 5.74) is 0. The average Bonchev–Trinajstić information content (AvgIpc) is 2.62. The molecular weight excluding hydrogens is 340 g/mol. The van der Waals surface area contributed by atoms with Gasteiger partial charge in [-0.25, -0.2) is 0 Å². The summed E-state index contributed by atoms with van der Waals surface area (Å²) in [4.78, 5) is 44.4. The number of amides is 2. The molecule has 26 heavy (non-hydrogen) atoms. The summed E-state index contributed by atoms with van der Waals surface area (Å²) in [5.74, 6) is -1.64. The topological polar surface area (TPSA) is 111 Å². The molecule has 0 bridgehead atoms. The van der Waals surface area contributed by atoms with E-state index >= 15 is 0 Å². The molecule has 8 heteroatoms. The number of nitrogens with one attached hydrogen (secondary N) is 2. The Morgan fingerprint density at radius 3 is 1.19 bits per heavy atom. The van der Waals surface area contributed by atoms with Gasteiger partial charge in [-0.05, 0) is 12.8 Å². The van der Waals surface area contributed by atoms with Crippen LogP contribution in [-0.4, -0.2) is 51.1 Å². The summed E-state index contributed by atoms with van der Waals surface area (Å²) in [6.45, 7) is 1.17. The molecule has 0 aliphatic rings. The minimum atomic E-state index is -0.523. The molecule has 0 aliphatic heterocycles. The molecule has 0 heterocycles. The smallest absolute Gasteiger partial charge is 0.315 e. The van der Waals surface area contributed by atoms with E-state index in [9.17, 15) is 19.2 Å². The summed E-state index contributed by atoms with van der Waals surface area (Å²) in [7, 11) is 2.52. The number of esters is 2. The summed E-state index contributed by atoms with van der Waals surface area (Å²) in [5, 5.41) is 5.39. The van der Waals surface area contributed by atoms with Gasteiger partial charge in [-0.3, -0.25) is 19.2 Å². The summed E-state index contributed by atoms with van der Waals surface area (Å²) >= 11 is 0. The molecule has 0 aromatic heterocycles. The summed E-state index contributed by atoms with van der Waals surface area (Å²) in [6.07, 6.45) is 7.96. The maximum absolute atomic E-state index is 11.3. The van der Waals surface area contributed by atoms with Gasteiger partial charge in [-0.15, -0.1) is 0 Å². The van der Waals surface area contributed by atoms with Gasteiger partial charge in [0.05, 0.1) is 14.2 Å². The Bertz CT molecular complexity index is 399. The lowest BCUT2D eigenvalue weighted by molar-refractivity contribution is -0.145. The van der Waals surface area contributed by atoms with E-state index in [4.69, 9.17) is 0 Å². The van der Waals surface area contributed by atoms with Crippen molar-refractivity contribution in [3.05, 3.63) is 0 Å². The van der Waals surface area contributed by atoms with Gasteiger partial charge in [-0.1, -0.05) is 38.5 Å². The minimum absolute atomic E-state index is 0.223. The van der Waals surface area contributed by atoms with Gasteiger partial charge in [0.15, 0.2) is 0 Å². The number of hydrogen-bond acceptors (Lipinski definition) is 6. The van der Waals surface area contributed by atoms with Crippen LogP contribution in [0.5, 0.6) is 0 Å². The van der Waals surface area contributed by atoms with Crippen molar-refractivity contribution in [3.8, 4) is 0 Å². The molecule has 0 saturated heterocycles. The van der Waals surface area contributed by atoms with Crippen molar-refractivity contribution in [2.45, 2.75) is 64.2 Å². The second-order valence-corrected chi connectivity index (χ2v) is 6.03. The summed E-state index contributed by atoms with van der Waals surface area (Å²) in [6, 6.07) is 0. The minimum Gasteiger partial charge on any atom is -0.469 e. The SMILES string of the molecule is COC(=O)CC(=O)NCCCCCCCCCCNC(=O)CC(=O)OC. The van der Waals surface area contributed by atoms with Crippen LogP contribution < -0.4 is 10.6 Å². The zero-order valence-electron chi connectivity index (χ0n) is 15.9.